The van der Waals surface area contributed by atoms with E-state index >= 15 is 0 Å². The van der Waals surface area contributed by atoms with Crippen LogP contribution in [0.4, 0.5) is 15.8 Å². The molecular weight excluding hydrogens is 431 g/mol. The van der Waals surface area contributed by atoms with E-state index in [9.17, 15) is 14.0 Å². The Morgan fingerprint density at radius 1 is 1.03 bits per heavy atom. The molecule has 9 heteroatoms. The standard InChI is InChI=1S/C23H17FN4O3S/c1-31-20-11-15(8-9-18(20)27-21(29)14-5-4-10-25-12-14)26-22(30)19-13-32-23(28-19)16-6-2-3-7-17(16)24/h2-13H,1H3,(H,26,30)(H,27,29). The van der Waals surface area contributed by atoms with Gasteiger partial charge in [-0.2, -0.15) is 0 Å². The van der Waals surface area contributed by atoms with Crippen molar-refractivity contribution < 1.29 is 18.7 Å². The minimum atomic E-state index is -0.446. The van der Waals surface area contributed by atoms with Gasteiger partial charge in [-0.05, 0) is 36.4 Å². The van der Waals surface area contributed by atoms with Crippen molar-refractivity contribution in [3.63, 3.8) is 0 Å². The molecule has 4 rings (SSSR count). The smallest absolute Gasteiger partial charge is 0.275 e. The van der Waals surface area contributed by atoms with Gasteiger partial charge in [-0.15, -0.1) is 11.3 Å². The Morgan fingerprint density at radius 2 is 1.88 bits per heavy atom. The zero-order chi connectivity index (χ0) is 22.5. The third kappa shape index (κ3) is 4.62. The first-order chi connectivity index (χ1) is 15.5. The van der Waals surface area contributed by atoms with Gasteiger partial charge in [0.05, 0.1) is 18.4 Å². The molecule has 0 fully saturated rings. The molecule has 2 aromatic heterocycles. The lowest BCUT2D eigenvalue weighted by atomic mass is 10.2. The number of hydrogen-bond donors (Lipinski definition) is 2. The van der Waals surface area contributed by atoms with Crippen molar-refractivity contribution in [3.8, 4) is 16.3 Å². The van der Waals surface area contributed by atoms with Crippen LogP contribution in [0.5, 0.6) is 5.75 Å². The lowest BCUT2D eigenvalue weighted by Gasteiger charge is -2.12. The number of halogens is 1. The molecule has 0 aliphatic rings. The van der Waals surface area contributed by atoms with E-state index in [2.05, 4.69) is 20.6 Å². The molecule has 0 spiro atoms. The van der Waals surface area contributed by atoms with E-state index in [0.717, 1.165) is 0 Å². The van der Waals surface area contributed by atoms with Gasteiger partial charge < -0.3 is 15.4 Å². The quantitative estimate of drug-likeness (QED) is 0.440. The van der Waals surface area contributed by atoms with Gasteiger partial charge in [0, 0.05) is 35.1 Å². The van der Waals surface area contributed by atoms with Gasteiger partial charge in [-0.25, -0.2) is 9.37 Å². The number of benzene rings is 2. The predicted molar refractivity (Wildman–Crippen MR) is 121 cm³/mol. The maximum Gasteiger partial charge on any atom is 0.275 e. The Labute approximate surface area is 186 Å². The number of methoxy groups -OCH3 is 1. The molecule has 0 bridgehead atoms. The molecule has 0 radical (unpaired) electrons. The van der Waals surface area contributed by atoms with Crippen molar-refractivity contribution in [2.75, 3.05) is 17.7 Å². The molecule has 2 amide bonds. The van der Waals surface area contributed by atoms with E-state index in [0.29, 0.717) is 33.3 Å². The number of carbonyl (C=O) groups excluding carboxylic acids is 2. The van der Waals surface area contributed by atoms with Gasteiger partial charge in [0.25, 0.3) is 11.8 Å². The molecule has 2 N–H and O–H groups in total. The van der Waals surface area contributed by atoms with Crippen LogP contribution in [0.3, 0.4) is 0 Å². The van der Waals surface area contributed by atoms with E-state index in [4.69, 9.17) is 4.74 Å². The Morgan fingerprint density at radius 3 is 2.62 bits per heavy atom. The number of carbonyl (C=O) groups is 2. The number of nitrogens with one attached hydrogen (secondary N) is 2. The summed E-state index contributed by atoms with van der Waals surface area (Å²) in [6.07, 6.45) is 3.04. The van der Waals surface area contributed by atoms with Crippen LogP contribution in [0.25, 0.3) is 10.6 Å². The summed E-state index contributed by atoms with van der Waals surface area (Å²) in [7, 11) is 1.46. The largest absolute Gasteiger partial charge is 0.494 e. The van der Waals surface area contributed by atoms with Crippen molar-refractivity contribution in [1.29, 1.82) is 0 Å². The average molecular weight is 448 g/mol. The highest BCUT2D eigenvalue weighted by Crippen LogP contribution is 2.30. The molecule has 0 saturated heterocycles. The van der Waals surface area contributed by atoms with Crippen LogP contribution in [0.2, 0.25) is 0 Å². The highest BCUT2D eigenvalue weighted by Gasteiger charge is 2.16. The number of amides is 2. The van der Waals surface area contributed by atoms with E-state index in [1.54, 1.807) is 60.1 Å². The molecule has 2 heterocycles. The lowest BCUT2D eigenvalue weighted by molar-refractivity contribution is 0.101. The summed E-state index contributed by atoms with van der Waals surface area (Å²) in [4.78, 5) is 33.1. The van der Waals surface area contributed by atoms with E-state index in [-0.39, 0.29) is 11.6 Å². The molecule has 0 unspecified atom stereocenters. The number of rotatable bonds is 6. The third-order valence-corrected chi connectivity index (χ3v) is 5.35. The SMILES string of the molecule is COc1cc(NC(=O)c2csc(-c3ccccc3F)n2)ccc1NC(=O)c1cccnc1. The Balaban J connectivity index is 1.48. The third-order valence-electron chi connectivity index (χ3n) is 4.47. The highest BCUT2D eigenvalue weighted by molar-refractivity contribution is 7.13. The fraction of sp³-hybridized carbons (Fsp3) is 0.0435. The fourth-order valence-corrected chi connectivity index (χ4v) is 3.72. The van der Waals surface area contributed by atoms with Crippen LogP contribution in [0, 0.1) is 5.82 Å². The van der Waals surface area contributed by atoms with Crippen LogP contribution in [-0.2, 0) is 0 Å². The summed E-state index contributed by atoms with van der Waals surface area (Å²) in [6.45, 7) is 0. The van der Waals surface area contributed by atoms with Crippen LogP contribution in [0.15, 0.2) is 72.4 Å². The lowest BCUT2D eigenvalue weighted by Crippen LogP contribution is -2.14. The first-order valence-electron chi connectivity index (χ1n) is 9.46. The number of aromatic nitrogens is 2. The number of anilines is 2. The predicted octanol–water partition coefficient (Wildman–Crippen LogP) is 4.86. The minimum absolute atomic E-state index is 0.168. The molecule has 0 aliphatic carbocycles. The van der Waals surface area contributed by atoms with Gasteiger partial charge in [-0.1, -0.05) is 12.1 Å². The zero-order valence-electron chi connectivity index (χ0n) is 16.8. The van der Waals surface area contributed by atoms with Crippen molar-refractivity contribution in [2.24, 2.45) is 0 Å². The molecule has 0 atom stereocenters. The van der Waals surface area contributed by atoms with Crippen molar-refractivity contribution in [1.82, 2.24) is 9.97 Å². The summed E-state index contributed by atoms with van der Waals surface area (Å²) < 4.78 is 19.3. The summed E-state index contributed by atoms with van der Waals surface area (Å²) in [5.74, 6) is -0.817. The fourth-order valence-electron chi connectivity index (χ4n) is 2.90. The van der Waals surface area contributed by atoms with Crippen LogP contribution in [0.1, 0.15) is 20.8 Å². The topological polar surface area (TPSA) is 93.2 Å². The Kier molecular flexibility index (Phi) is 6.18. The minimum Gasteiger partial charge on any atom is -0.494 e. The maximum absolute atomic E-state index is 14.0. The second kappa shape index (κ2) is 9.36. The van der Waals surface area contributed by atoms with E-state index in [1.165, 1.54) is 30.7 Å². The van der Waals surface area contributed by atoms with Gasteiger partial charge >= 0.3 is 0 Å². The first-order valence-corrected chi connectivity index (χ1v) is 10.3. The first kappa shape index (κ1) is 21.1. The van der Waals surface area contributed by atoms with Crippen molar-refractivity contribution >= 4 is 34.5 Å². The number of thiazole rings is 1. The number of hydrogen-bond acceptors (Lipinski definition) is 6. The highest BCUT2D eigenvalue weighted by atomic mass is 32.1. The second-order valence-corrected chi connectivity index (χ2v) is 7.44. The average Bonchev–Trinajstić information content (AvgIpc) is 3.31. The van der Waals surface area contributed by atoms with Crippen molar-refractivity contribution in [2.45, 2.75) is 0 Å². The Bertz CT molecular complexity index is 1280. The van der Waals surface area contributed by atoms with E-state index < -0.39 is 11.7 Å². The van der Waals surface area contributed by atoms with Crippen LogP contribution in [-0.4, -0.2) is 28.9 Å². The second-order valence-electron chi connectivity index (χ2n) is 6.58. The molecule has 160 valence electrons. The maximum atomic E-state index is 14.0. The van der Waals surface area contributed by atoms with E-state index in [1.807, 2.05) is 0 Å². The summed E-state index contributed by atoms with van der Waals surface area (Å²) in [6, 6.07) is 14.4. The van der Waals surface area contributed by atoms with Gasteiger partial charge in [0.1, 0.15) is 22.3 Å². The van der Waals surface area contributed by atoms with Gasteiger partial charge in [0.2, 0.25) is 0 Å². The monoisotopic (exact) mass is 448 g/mol. The molecule has 32 heavy (non-hydrogen) atoms. The van der Waals surface area contributed by atoms with Crippen LogP contribution >= 0.6 is 11.3 Å². The van der Waals surface area contributed by atoms with Crippen molar-refractivity contribution in [3.05, 3.63) is 89.4 Å². The Hall–Kier alpha value is -4.11. The molecule has 4 aromatic rings. The zero-order valence-corrected chi connectivity index (χ0v) is 17.7. The van der Waals surface area contributed by atoms with Crippen LogP contribution < -0.4 is 15.4 Å². The molecular formula is C23H17FN4O3S. The summed E-state index contributed by atoms with van der Waals surface area (Å²) in [5, 5.41) is 7.47. The van der Waals surface area contributed by atoms with Gasteiger partial charge in [-0.3, -0.25) is 14.6 Å². The molecule has 7 nitrogen and oxygen atoms in total. The van der Waals surface area contributed by atoms with Gasteiger partial charge in [0.15, 0.2) is 0 Å². The molecule has 2 aromatic carbocycles. The molecule has 0 saturated carbocycles. The normalized spacial score (nSPS) is 10.4. The summed E-state index contributed by atoms with van der Waals surface area (Å²) in [5.41, 5.74) is 1.80. The summed E-state index contributed by atoms with van der Waals surface area (Å²) >= 11 is 1.18. The number of ether oxygens (including phenoxy) is 1. The molecule has 0 aliphatic heterocycles. The number of nitrogens with zero attached hydrogens (tertiary/aromatic N) is 2. The number of pyridine rings is 1.